The zero-order valence-electron chi connectivity index (χ0n) is 18.3. The van der Waals surface area contributed by atoms with Gasteiger partial charge in [-0.2, -0.15) is 0 Å². The van der Waals surface area contributed by atoms with Crippen molar-refractivity contribution in [2.75, 3.05) is 6.61 Å². The molecule has 0 bridgehead atoms. The molecule has 3 rings (SSSR count). The van der Waals surface area contributed by atoms with E-state index in [1.54, 1.807) is 30.3 Å². The number of aromatic nitrogens is 1. The third kappa shape index (κ3) is 7.05. The number of primary amides is 1. The van der Waals surface area contributed by atoms with E-state index in [1.165, 1.54) is 11.3 Å². The Morgan fingerprint density at radius 2 is 1.94 bits per heavy atom. The van der Waals surface area contributed by atoms with E-state index in [-0.39, 0.29) is 6.61 Å². The number of ether oxygens (including phenoxy) is 1. The van der Waals surface area contributed by atoms with E-state index in [0.29, 0.717) is 17.1 Å². The molecule has 1 aromatic carbocycles. The minimum Gasteiger partial charge on any atom is -0.484 e. The quantitative estimate of drug-likeness (QED) is 0.278. The molecule has 0 aliphatic heterocycles. The van der Waals surface area contributed by atoms with Crippen LogP contribution in [0.1, 0.15) is 24.6 Å². The molecule has 2 N–H and O–H groups in total. The molecule has 0 fully saturated rings. The number of thiophene rings is 1. The van der Waals surface area contributed by atoms with Crippen LogP contribution in [0.5, 0.6) is 5.75 Å². The van der Waals surface area contributed by atoms with Gasteiger partial charge in [0.05, 0.1) is 5.69 Å². The second-order valence-electron chi connectivity index (χ2n) is 7.55. The molecule has 2 heterocycles. The van der Waals surface area contributed by atoms with E-state index >= 15 is 0 Å². The molecular weight excluding hydrogens is 441 g/mol. The summed E-state index contributed by atoms with van der Waals surface area (Å²) in [5.74, 6) is 0.0738. The summed E-state index contributed by atoms with van der Waals surface area (Å²) < 4.78 is 33.7. The van der Waals surface area contributed by atoms with E-state index in [0.717, 1.165) is 38.9 Å². The van der Waals surface area contributed by atoms with Gasteiger partial charge >= 0.3 is 7.40 Å². The Morgan fingerprint density at radius 3 is 2.58 bits per heavy atom. The molecule has 170 valence electrons. The number of carbonyl (C=O) groups is 1. The summed E-state index contributed by atoms with van der Waals surface area (Å²) in [4.78, 5) is 11.6. The summed E-state index contributed by atoms with van der Waals surface area (Å²) in [5.41, 5.74) is 8.93. The number of hydrogen-bond donors (Lipinski definition) is 1. The zero-order valence-corrected chi connectivity index (χ0v) is 19.2. The van der Waals surface area contributed by atoms with Crippen LogP contribution in [0.4, 0.5) is 8.63 Å². The van der Waals surface area contributed by atoms with Crippen LogP contribution in [0.3, 0.4) is 0 Å². The summed E-state index contributed by atoms with van der Waals surface area (Å²) in [6.07, 6.45) is 7.09. The lowest BCUT2D eigenvalue weighted by Gasteiger charge is -2.07. The van der Waals surface area contributed by atoms with Crippen LogP contribution in [-0.2, 0) is 11.2 Å². The monoisotopic (exact) mass is 466 g/mol. The van der Waals surface area contributed by atoms with Crippen molar-refractivity contribution in [2.24, 2.45) is 5.73 Å². The minimum atomic E-state index is -2.62. The van der Waals surface area contributed by atoms with Gasteiger partial charge in [0.1, 0.15) is 5.75 Å². The Morgan fingerprint density at radius 1 is 1.18 bits per heavy atom. The van der Waals surface area contributed by atoms with Gasteiger partial charge in [0.15, 0.2) is 6.61 Å². The van der Waals surface area contributed by atoms with Crippen LogP contribution in [0, 0.1) is 0 Å². The molecule has 1 amide bonds. The molecule has 3 aromatic rings. The van der Waals surface area contributed by atoms with Crippen molar-refractivity contribution in [2.45, 2.75) is 19.8 Å². The molecular formula is C25H25BF2N2O2S. The molecule has 8 heteroatoms. The third-order valence-corrected chi connectivity index (χ3v) is 5.81. The molecule has 0 saturated heterocycles. The highest BCUT2D eigenvalue weighted by Crippen LogP contribution is 2.29. The van der Waals surface area contributed by atoms with Gasteiger partial charge in [-0.25, -0.2) is 0 Å². The molecule has 0 spiro atoms. The highest BCUT2D eigenvalue weighted by Gasteiger charge is 2.23. The fraction of sp³-hybridized carbons (Fsp3) is 0.160. The minimum absolute atomic E-state index is 0.148. The molecule has 0 aliphatic rings. The highest BCUT2D eigenvalue weighted by molar-refractivity contribution is 7.13. The first-order valence-corrected chi connectivity index (χ1v) is 11.3. The SMILES string of the molecule is C=C(/C=C\C(C)=C\c1ccc(-c2cccs2)n1B(F)F)CCc1ccc(OCC(N)=O)cc1. The Hall–Kier alpha value is -3.39. The summed E-state index contributed by atoms with van der Waals surface area (Å²) in [6.45, 7) is 5.81. The normalized spacial score (nSPS) is 11.7. The van der Waals surface area contributed by atoms with Crippen molar-refractivity contribution in [3.63, 3.8) is 0 Å². The van der Waals surface area contributed by atoms with Crippen molar-refractivity contribution >= 4 is 30.7 Å². The van der Waals surface area contributed by atoms with Crippen molar-refractivity contribution in [1.29, 1.82) is 0 Å². The number of aryl methyl sites for hydroxylation is 1. The first-order valence-electron chi connectivity index (χ1n) is 10.4. The largest absolute Gasteiger partial charge is 0.678 e. The van der Waals surface area contributed by atoms with E-state index in [4.69, 9.17) is 10.5 Å². The molecule has 0 radical (unpaired) electrons. The Labute approximate surface area is 196 Å². The van der Waals surface area contributed by atoms with Crippen LogP contribution in [-0.4, -0.2) is 24.4 Å². The summed E-state index contributed by atoms with van der Waals surface area (Å²) >= 11 is 1.44. The third-order valence-electron chi connectivity index (χ3n) is 4.92. The van der Waals surface area contributed by atoms with Crippen molar-refractivity contribution in [1.82, 2.24) is 4.48 Å². The van der Waals surface area contributed by atoms with Crippen LogP contribution in [0.2, 0.25) is 0 Å². The van der Waals surface area contributed by atoms with Gasteiger partial charge in [-0.05, 0) is 72.7 Å². The van der Waals surface area contributed by atoms with Gasteiger partial charge in [0, 0.05) is 10.6 Å². The Balaban J connectivity index is 1.58. The lowest BCUT2D eigenvalue weighted by molar-refractivity contribution is -0.119. The van der Waals surface area contributed by atoms with Gasteiger partial charge < -0.3 is 14.9 Å². The molecule has 2 aromatic heterocycles. The zero-order chi connectivity index (χ0) is 23.8. The number of hydrogen-bond acceptors (Lipinski definition) is 3. The second kappa shape index (κ2) is 11.5. The predicted octanol–water partition coefficient (Wildman–Crippen LogP) is 6.00. The van der Waals surface area contributed by atoms with Gasteiger partial charge in [0.25, 0.3) is 5.91 Å². The lowest BCUT2D eigenvalue weighted by atomic mass is 10.0. The molecule has 0 atom stereocenters. The fourth-order valence-corrected chi connectivity index (χ4v) is 4.00. The summed E-state index contributed by atoms with van der Waals surface area (Å²) in [7, 11) is -2.62. The Bertz CT molecular complexity index is 1150. The van der Waals surface area contributed by atoms with E-state index in [9.17, 15) is 13.4 Å². The maximum atomic E-state index is 13.7. The van der Waals surface area contributed by atoms with E-state index in [2.05, 4.69) is 6.58 Å². The molecule has 33 heavy (non-hydrogen) atoms. The Kier molecular flexibility index (Phi) is 8.43. The molecule has 4 nitrogen and oxygen atoms in total. The van der Waals surface area contributed by atoms with E-state index < -0.39 is 13.3 Å². The maximum Gasteiger partial charge on any atom is 0.678 e. The van der Waals surface area contributed by atoms with Crippen LogP contribution >= 0.6 is 11.3 Å². The average Bonchev–Trinajstić information content (AvgIpc) is 3.45. The van der Waals surface area contributed by atoms with Crippen molar-refractivity contribution in [3.8, 4) is 16.3 Å². The van der Waals surface area contributed by atoms with Crippen LogP contribution in [0.25, 0.3) is 16.6 Å². The maximum absolute atomic E-state index is 13.7. The number of rotatable bonds is 11. The molecule has 0 unspecified atom stereocenters. The highest BCUT2D eigenvalue weighted by atomic mass is 32.1. The van der Waals surface area contributed by atoms with Gasteiger partial charge in [0.2, 0.25) is 0 Å². The van der Waals surface area contributed by atoms with Crippen LogP contribution < -0.4 is 10.5 Å². The second-order valence-corrected chi connectivity index (χ2v) is 8.49. The fourth-order valence-electron chi connectivity index (χ4n) is 3.25. The summed E-state index contributed by atoms with van der Waals surface area (Å²) in [5, 5.41) is 1.87. The predicted molar refractivity (Wildman–Crippen MR) is 132 cm³/mol. The van der Waals surface area contributed by atoms with E-state index in [1.807, 2.05) is 48.7 Å². The number of nitrogens with zero attached hydrogens (tertiary/aromatic N) is 1. The number of nitrogens with two attached hydrogens (primary N) is 1. The van der Waals surface area contributed by atoms with Crippen molar-refractivity contribution in [3.05, 3.63) is 95.0 Å². The number of allylic oxidation sites excluding steroid dienone is 4. The van der Waals surface area contributed by atoms with Crippen LogP contribution in [0.15, 0.2) is 83.8 Å². The first-order chi connectivity index (χ1) is 15.8. The molecule has 0 aliphatic carbocycles. The number of amides is 1. The van der Waals surface area contributed by atoms with Crippen molar-refractivity contribution < 1.29 is 18.2 Å². The molecule has 0 saturated carbocycles. The average molecular weight is 466 g/mol. The standard InChI is InChI=1S/C25H25BF2N2O2S/c1-18(7-8-20-9-12-22(13-10-20)32-17-25(29)31)5-6-19(2)16-21-11-14-23(30(21)26(27)28)24-4-3-15-33-24/h3-6,9-16H,1,7-8,17H2,2H3,(H2,29,31)/b6-5-,19-16+. The lowest BCUT2D eigenvalue weighted by Crippen LogP contribution is -2.19. The number of halogens is 2. The van der Waals surface area contributed by atoms with Gasteiger partial charge in [-0.15, -0.1) is 11.3 Å². The number of benzene rings is 1. The first kappa shape index (κ1) is 24.3. The van der Waals surface area contributed by atoms with Gasteiger partial charge in [-0.3, -0.25) is 13.4 Å². The summed E-state index contributed by atoms with van der Waals surface area (Å²) in [6, 6.07) is 14.6. The topological polar surface area (TPSA) is 57.2 Å². The number of carbonyl (C=O) groups excluding carboxylic acids is 1. The smallest absolute Gasteiger partial charge is 0.484 e. The van der Waals surface area contributed by atoms with Gasteiger partial charge in [-0.1, -0.05) is 42.5 Å².